The van der Waals surface area contributed by atoms with Gasteiger partial charge in [0.05, 0.1) is 6.54 Å². The van der Waals surface area contributed by atoms with E-state index in [1.54, 1.807) is 6.07 Å². The zero-order valence-electron chi connectivity index (χ0n) is 17.0. The minimum atomic E-state index is -0.469. The molecule has 148 valence electrons. The number of halogens is 1. The van der Waals surface area contributed by atoms with Crippen molar-refractivity contribution in [1.82, 2.24) is 5.32 Å². The molecule has 0 unspecified atom stereocenters. The molecule has 3 rings (SSSR count). The average Bonchev–Trinajstić information content (AvgIpc) is 3.01. The molecule has 0 fully saturated rings. The van der Waals surface area contributed by atoms with Crippen LogP contribution in [0.5, 0.6) is 5.75 Å². The highest BCUT2D eigenvalue weighted by molar-refractivity contribution is 5.95. The lowest BCUT2D eigenvalue weighted by molar-refractivity contribution is -0.128. The van der Waals surface area contributed by atoms with E-state index < -0.39 is 11.2 Å². The van der Waals surface area contributed by atoms with E-state index in [1.807, 2.05) is 39.8 Å². The molecule has 0 bridgehead atoms. The lowest BCUT2D eigenvalue weighted by atomic mass is 9.95. The second-order valence-corrected chi connectivity index (χ2v) is 8.46. The third-order valence-corrected chi connectivity index (χ3v) is 4.88. The van der Waals surface area contributed by atoms with Gasteiger partial charge in [-0.15, -0.1) is 0 Å². The van der Waals surface area contributed by atoms with Gasteiger partial charge < -0.3 is 10.1 Å². The molecule has 1 atom stereocenters. The van der Waals surface area contributed by atoms with E-state index in [9.17, 15) is 14.0 Å². The van der Waals surface area contributed by atoms with E-state index in [1.165, 1.54) is 19.1 Å². The second-order valence-electron chi connectivity index (χ2n) is 8.46. The van der Waals surface area contributed by atoms with E-state index >= 15 is 0 Å². The van der Waals surface area contributed by atoms with Crippen molar-refractivity contribution in [2.24, 2.45) is 5.41 Å². The molecule has 2 aromatic carbocycles. The number of rotatable bonds is 4. The Labute approximate surface area is 165 Å². The number of hydrogen-bond acceptors (Lipinski definition) is 3. The fourth-order valence-electron chi connectivity index (χ4n) is 3.33. The van der Waals surface area contributed by atoms with Crippen LogP contribution in [0.2, 0.25) is 0 Å². The number of benzene rings is 2. The summed E-state index contributed by atoms with van der Waals surface area (Å²) in [6.45, 7) is 9.38. The predicted molar refractivity (Wildman–Crippen MR) is 107 cm³/mol. The first kappa shape index (κ1) is 20.1. The summed E-state index contributed by atoms with van der Waals surface area (Å²) in [6.07, 6.45) is 0.434. The van der Waals surface area contributed by atoms with E-state index in [2.05, 4.69) is 5.32 Å². The molecule has 0 aromatic heterocycles. The van der Waals surface area contributed by atoms with Crippen LogP contribution >= 0.6 is 0 Å². The van der Waals surface area contributed by atoms with Gasteiger partial charge in [0, 0.05) is 28.5 Å². The molecule has 0 radical (unpaired) electrons. The minimum Gasteiger partial charge on any atom is -0.487 e. The summed E-state index contributed by atoms with van der Waals surface area (Å²) in [7, 11) is 0. The van der Waals surface area contributed by atoms with E-state index in [0.717, 1.165) is 11.1 Å². The first-order valence-corrected chi connectivity index (χ1v) is 9.45. The van der Waals surface area contributed by atoms with Crippen LogP contribution in [0.25, 0.3) is 11.1 Å². The van der Waals surface area contributed by atoms with Crippen LogP contribution in [-0.4, -0.2) is 24.3 Å². The first-order valence-electron chi connectivity index (χ1n) is 9.45. The predicted octanol–water partition coefficient (Wildman–Crippen LogP) is 4.47. The van der Waals surface area contributed by atoms with Crippen molar-refractivity contribution in [1.29, 1.82) is 0 Å². The lowest BCUT2D eigenvalue weighted by Crippen LogP contribution is -2.40. The fourth-order valence-corrected chi connectivity index (χ4v) is 3.33. The molecule has 28 heavy (non-hydrogen) atoms. The van der Waals surface area contributed by atoms with Crippen molar-refractivity contribution in [3.8, 4) is 16.9 Å². The van der Waals surface area contributed by atoms with Crippen molar-refractivity contribution < 1.29 is 18.7 Å². The van der Waals surface area contributed by atoms with Crippen molar-refractivity contribution in [2.75, 3.05) is 6.54 Å². The highest BCUT2D eigenvalue weighted by Crippen LogP contribution is 2.41. The minimum absolute atomic E-state index is 0.0383. The van der Waals surface area contributed by atoms with Crippen LogP contribution in [-0.2, 0) is 11.2 Å². The zero-order chi connectivity index (χ0) is 20.6. The number of hydrogen-bond donors (Lipinski definition) is 1. The summed E-state index contributed by atoms with van der Waals surface area (Å²) in [5.41, 5.74) is 2.96. The van der Waals surface area contributed by atoms with E-state index in [0.29, 0.717) is 35.4 Å². The van der Waals surface area contributed by atoms with Gasteiger partial charge in [-0.25, -0.2) is 4.39 Å². The summed E-state index contributed by atoms with van der Waals surface area (Å²) in [5.74, 6) is 0.0731. The fraction of sp³-hybridized carbons (Fsp3) is 0.391. The van der Waals surface area contributed by atoms with Gasteiger partial charge in [-0.05, 0) is 49.2 Å². The molecule has 1 aliphatic heterocycles. The molecule has 1 heterocycles. The normalized spacial score (nSPS) is 15.7. The quantitative estimate of drug-likeness (QED) is 0.793. The molecule has 0 aliphatic carbocycles. The average molecular weight is 383 g/mol. The monoisotopic (exact) mass is 383 g/mol. The maximum absolute atomic E-state index is 14.6. The molecular formula is C23H26FNO3. The molecule has 0 saturated heterocycles. The van der Waals surface area contributed by atoms with Crippen LogP contribution in [0.1, 0.15) is 49.2 Å². The summed E-state index contributed by atoms with van der Waals surface area (Å²) < 4.78 is 20.7. The maximum atomic E-state index is 14.6. The Kier molecular flexibility index (Phi) is 5.28. The second kappa shape index (κ2) is 7.38. The van der Waals surface area contributed by atoms with Gasteiger partial charge in [0.25, 0.3) is 0 Å². The van der Waals surface area contributed by atoms with Gasteiger partial charge in [0.2, 0.25) is 5.91 Å². The number of ether oxygens (including phenoxy) is 1. The number of nitrogens with one attached hydrogen (secondary N) is 1. The molecule has 4 nitrogen and oxygen atoms in total. The third-order valence-electron chi connectivity index (χ3n) is 4.88. The molecule has 5 heteroatoms. The zero-order valence-corrected chi connectivity index (χ0v) is 17.0. The summed E-state index contributed by atoms with van der Waals surface area (Å²) in [4.78, 5) is 23.9. The Hall–Kier alpha value is -2.69. The number of amides is 1. The Morgan fingerprint density at radius 2 is 1.89 bits per heavy atom. The van der Waals surface area contributed by atoms with Gasteiger partial charge in [-0.2, -0.15) is 0 Å². The molecular weight excluding hydrogens is 357 g/mol. The van der Waals surface area contributed by atoms with Crippen LogP contribution in [0, 0.1) is 18.2 Å². The van der Waals surface area contributed by atoms with Crippen LogP contribution in [0.4, 0.5) is 4.39 Å². The summed E-state index contributed by atoms with van der Waals surface area (Å²) in [5, 5.41) is 2.93. The summed E-state index contributed by atoms with van der Waals surface area (Å²) >= 11 is 0. The molecule has 2 aromatic rings. The van der Waals surface area contributed by atoms with Crippen LogP contribution in [0.15, 0.2) is 30.3 Å². The number of carbonyl (C=O) groups is 2. The number of aryl methyl sites for hydroxylation is 1. The highest BCUT2D eigenvalue weighted by Gasteiger charge is 2.29. The Morgan fingerprint density at radius 1 is 1.18 bits per heavy atom. The molecule has 1 amide bonds. The molecule has 1 N–H and O–H groups in total. The van der Waals surface area contributed by atoms with Gasteiger partial charge in [0.1, 0.15) is 17.7 Å². The number of carbonyl (C=O) groups excluding carboxylic acids is 2. The van der Waals surface area contributed by atoms with Crippen LogP contribution in [0.3, 0.4) is 0 Å². The van der Waals surface area contributed by atoms with Crippen LogP contribution < -0.4 is 10.1 Å². The van der Waals surface area contributed by atoms with Gasteiger partial charge in [-0.1, -0.05) is 26.8 Å². The smallest absolute Gasteiger partial charge is 0.225 e. The van der Waals surface area contributed by atoms with Gasteiger partial charge in [-0.3, -0.25) is 9.59 Å². The number of fused-ring (bicyclic) bond motifs is 1. The van der Waals surface area contributed by atoms with Crippen molar-refractivity contribution in [2.45, 2.75) is 47.1 Å². The Bertz CT molecular complexity index is 944. The van der Waals surface area contributed by atoms with Gasteiger partial charge in [0.15, 0.2) is 5.78 Å². The van der Waals surface area contributed by atoms with Crippen molar-refractivity contribution in [3.63, 3.8) is 0 Å². The highest BCUT2D eigenvalue weighted by atomic mass is 19.1. The lowest BCUT2D eigenvalue weighted by Gasteiger charge is -2.20. The molecule has 1 aliphatic rings. The SMILES string of the molecule is CC(=O)c1ccc(F)c(-c2cc(C)cc3c2O[C@@H](CNC(=O)C(C)(C)C)C3)c1. The maximum Gasteiger partial charge on any atom is 0.225 e. The Morgan fingerprint density at radius 3 is 2.54 bits per heavy atom. The number of ketones is 1. The standard InChI is InChI=1S/C23H26FNO3/c1-13-8-16-10-17(12-25-22(27)23(3,4)5)28-21(16)19(9-13)18-11-15(14(2)26)6-7-20(18)24/h6-9,11,17H,10,12H2,1-5H3,(H,25,27)/t17-/m1/s1. The van der Waals surface area contributed by atoms with E-state index in [-0.39, 0.29) is 17.8 Å². The third kappa shape index (κ3) is 4.08. The molecule has 0 spiro atoms. The summed E-state index contributed by atoms with van der Waals surface area (Å²) in [6, 6.07) is 8.28. The Balaban J connectivity index is 1.90. The molecule has 0 saturated carbocycles. The topological polar surface area (TPSA) is 55.4 Å². The van der Waals surface area contributed by atoms with E-state index in [4.69, 9.17) is 4.74 Å². The van der Waals surface area contributed by atoms with Crippen molar-refractivity contribution >= 4 is 11.7 Å². The van der Waals surface area contributed by atoms with Gasteiger partial charge >= 0.3 is 0 Å². The van der Waals surface area contributed by atoms with Crippen molar-refractivity contribution in [3.05, 3.63) is 52.8 Å². The first-order chi connectivity index (χ1) is 13.1. The number of Topliss-reactive ketones (excluding diaryl/α,β-unsaturated/α-hetero) is 1. The largest absolute Gasteiger partial charge is 0.487 e.